The first-order valence-corrected chi connectivity index (χ1v) is 12.5. The predicted octanol–water partition coefficient (Wildman–Crippen LogP) is 2.49. The monoisotopic (exact) mass is 603 g/mol. The summed E-state index contributed by atoms with van der Waals surface area (Å²) in [4.78, 5) is 0. The Bertz CT molecular complexity index is 974. The Hall–Kier alpha value is -1.76. The number of alkyl halides is 1. The van der Waals surface area contributed by atoms with E-state index in [0.29, 0.717) is 18.0 Å². The highest BCUT2D eigenvalue weighted by atomic mass is 127. The Morgan fingerprint density at radius 1 is 1.03 bits per heavy atom. The number of nitrogens with one attached hydrogen (secondary N) is 2. The summed E-state index contributed by atoms with van der Waals surface area (Å²) in [6, 6.07) is 13.9. The van der Waals surface area contributed by atoms with Gasteiger partial charge in [0.25, 0.3) is 0 Å². The molecule has 0 bridgehead atoms. The van der Waals surface area contributed by atoms with Crippen molar-refractivity contribution in [3.8, 4) is 11.5 Å². The van der Waals surface area contributed by atoms with E-state index in [-0.39, 0.29) is 31.1 Å². The first-order chi connectivity index (χ1) is 16.2. The first-order valence-electron chi connectivity index (χ1n) is 10.9. The van der Waals surface area contributed by atoms with Gasteiger partial charge in [0.15, 0.2) is 0 Å². The lowest BCUT2D eigenvalue weighted by molar-refractivity contribution is 0.0687. The zero-order valence-corrected chi connectivity index (χ0v) is 22.1. The molecule has 0 spiro atoms. The second kappa shape index (κ2) is 12.3. The molecule has 2 aromatic rings. The molecular formula is C24H31ClIN3O5. The van der Waals surface area contributed by atoms with Crippen LogP contribution in [-0.2, 0) is 5.41 Å². The standard InChI is InChI=1S/C24H31ClIN3O5/c1-24(2,17-5-8-23(22(26)9-17)34-14-19(31)10-25)16-3-6-21(7-4-16)33-15-20(32)12-29-11-18(13-30)27-28-29/h3-9,11,19-20,27-28,30-32H,10,12-15H2,1-2H3. The third-order valence-electron chi connectivity index (χ3n) is 5.53. The summed E-state index contributed by atoms with van der Waals surface area (Å²) in [7, 11) is 0. The molecule has 1 aliphatic rings. The Labute approximate surface area is 218 Å². The van der Waals surface area contributed by atoms with E-state index in [9.17, 15) is 10.2 Å². The van der Waals surface area contributed by atoms with Gasteiger partial charge in [-0.3, -0.25) is 5.01 Å². The van der Waals surface area contributed by atoms with Crippen molar-refractivity contribution in [2.45, 2.75) is 31.5 Å². The average Bonchev–Trinajstić information content (AvgIpc) is 3.29. The van der Waals surface area contributed by atoms with Crippen molar-refractivity contribution < 1.29 is 24.8 Å². The van der Waals surface area contributed by atoms with Crippen LogP contribution in [0.4, 0.5) is 0 Å². The van der Waals surface area contributed by atoms with E-state index in [2.05, 4.69) is 53.5 Å². The molecule has 3 rings (SSSR count). The minimum Gasteiger partial charge on any atom is -0.491 e. The lowest BCUT2D eigenvalue weighted by Crippen LogP contribution is -2.42. The Morgan fingerprint density at radius 2 is 1.71 bits per heavy atom. The molecule has 5 N–H and O–H groups in total. The van der Waals surface area contributed by atoms with Gasteiger partial charge in [0.05, 0.1) is 28.3 Å². The van der Waals surface area contributed by atoms with Crippen molar-refractivity contribution in [2.75, 3.05) is 32.2 Å². The van der Waals surface area contributed by atoms with Crippen LogP contribution in [0.15, 0.2) is 54.4 Å². The molecule has 186 valence electrons. The topological polar surface area (TPSA) is 106 Å². The molecule has 0 saturated carbocycles. The van der Waals surface area contributed by atoms with E-state index in [1.807, 2.05) is 36.4 Å². The molecule has 34 heavy (non-hydrogen) atoms. The van der Waals surface area contributed by atoms with Gasteiger partial charge in [0.2, 0.25) is 0 Å². The van der Waals surface area contributed by atoms with Gasteiger partial charge in [-0.25, -0.2) is 0 Å². The molecular weight excluding hydrogens is 573 g/mol. The van der Waals surface area contributed by atoms with Crippen molar-refractivity contribution in [2.24, 2.45) is 0 Å². The average molecular weight is 604 g/mol. The summed E-state index contributed by atoms with van der Waals surface area (Å²) >= 11 is 7.87. The number of hydrogen-bond acceptors (Lipinski definition) is 8. The number of ether oxygens (including phenoxy) is 2. The summed E-state index contributed by atoms with van der Waals surface area (Å²) < 4.78 is 12.4. The number of nitrogens with zero attached hydrogens (tertiary/aromatic N) is 1. The molecule has 2 atom stereocenters. The third-order valence-corrected chi connectivity index (χ3v) is 6.73. The first kappa shape index (κ1) is 26.8. The molecule has 0 fully saturated rings. The van der Waals surface area contributed by atoms with Crippen molar-refractivity contribution >= 4 is 34.2 Å². The molecule has 0 aromatic heterocycles. The van der Waals surface area contributed by atoms with Crippen LogP contribution in [0.25, 0.3) is 0 Å². The van der Waals surface area contributed by atoms with Gasteiger partial charge < -0.3 is 30.2 Å². The quantitative estimate of drug-likeness (QED) is 0.186. The van der Waals surface area contributed by atoms with E-state index in [0.717, 1.165) is 20.4 Å². The summed E-state index contributed by atoms with van der Waals surface area (Å²) in [6.07, 6.45) is 0.289. The number of aliphatic hydroxyl groups is 3. The van der Waals surface area contributed by atoms with Crippen LogP contribution in [0.2, 0.25) is 0 Å². The fourth-order valence-electron chi connectivity index (χ4n) is 3.42. The van der Waals surface area contributed by atoms with Crippen LogP contribution in [-0.4, -0.2) is 64.8 Å². The van der Waals surface area contributed by atoms with Gasteiger partial charge in [-0.15, -0.1) is 17.1 Å². The summed E-state index contributed by atoms with van der Waals surface area (Å²) in [5, 5.41) is 30.6. The molecule has 1 aliphatic heterocycles. The normalized spacial score (nSPS) is 15.5. The molecule has 0 amide bonds. The van der Waals surface area contributed by atoms with Crippen molar-refractivity contribution in [3.05, 3.63) is 69.1 Å². The SMILES string of the molecule is CC(C)(c1ccc(OCC(O)CN2C=C(CO)NN2)cc1)c1ccc(OCC(O)CCl)c(I)c1. The zero-order valence-electron chi connectivity index (χ0n) is 19.2. The number of aliphatic hydroxyl groups excluding tert-OH is 3. The fraction of sp³-hybridized carbons (Fsp3) is 0.417. The number of hydrazine groups is 2. The van der Waals surface area contributed by atoms with E-state index in [1.54, 1.807) is 11.2 Å². The van der Waals surface area contributed by atoms with E-state index in [1.165, 1.54) is 0 Å². The zero-order chi connectivity index (χ0) is 24.7. The maximum atomic E-state index is 10.2. The molecule has 2 unspecified atom stereocenters. The minimum atomic E-state index is -0.715. The maximum Gasteiger partial charge on any atom is 0.132 e. The maximum absolute atomic E-state index is 10.2. The van der Waals surface area contributed by atoms with Gasteiger partial charge >= 0.3 is 0 Å². The number of hydrogen-bond donors (Lipinski definition) is 5. The summed E-state index contributed by atoms with van der Waals surface area (Å²) in [5.41, 5.74) is 8.27. The van der Waals surface area contributed by atoms with Crippen molar-refractivity contribution in [1.29, 1.82) is 0 Å². The minimum absolute atomic E-state index is 0.103. The van der Waals surface area contributed by atoms with Crippen molar-refractivity contribution in [1.82, 2.24) is 16.0 Å². The highest BCUT2D eigenvalue weighted by Crippen LogP contribution is 2.35. The fourth-order valence-corrected chi connectivity index (χ4v) is 4.18. The Balaban J connectivity index is 1.57. The highest BCUT2D eigenvalue weighted by molar-refractivity contribution is 14.1. The van der Waals surface area contributed by atoms with E-state index in [4.69, 9.17) is 26.2 Å². The Kier molecular flexibility index (Phi) is 9.69. The number of benzene rings is 2. The van der Waals surface area contributed by atoms with Gasteiger partial charge in [-0.05, 0) is 58.0 Å². The highest BCUT2D eigenvalue weighted by Gasteiger charge is 2.24. The van der Waals surface area contributed by atoms with Gasteiger partial charge in [0, 0.05) is 11.6 Å². The van der Waals surface area contributed by atoms with Crippen LogP contribution in [0, 0.1) is 3.57 Å². The number of halogens is 2. The molecule has 0 radical (unpaired) electrons. The van der Waals surface area contributed by atoms with Crippen LogP contribution < -0.4 is 20.4 Å². The van der Waals surface area contributed by atoms with Crippen LogP contribution in [0.5, 0.6) is 11.5 Å². The molecule has 2 aromatic carbocycles. The van der Waals surface area contributed by atoms with Gasteiger partial charge in [-0.2, -0.15) is 0 Å². The summed E-state index contributed by atoms with van der Waals surface area (Å²) in [5.74, 6) is 1.53. The van der Waals surface area contributed by atoms with Crippen LogP contribution >= 0.6 is 34.2 Å². The molecule has 0 saturated heterocycles. The molecule has 0 aliphatic carbocycles. The van der Waals surface area contributed by atoms with Gasteiger partial charge in [0.1, 0.15) is 36.9 Å². The molecule has 1 heterocycles. The molecule has 8 nitrogen and oxygen atoms in total. The van der Waals surface area contributed by atoms with Crippen LogP contribution in [0.1, 0.15) is 25.0 Å². The smallest absolute Gasteiger partial charge is 0.132 e. The van der Waals surface area contributed by atoms with E-state index >= 15 is 0 Å². The van der Waals surface area contributed by atoms with Gasteiger partial charge in [-0.1, -0.05) is 32.0 Å². The second-order valence-corrected chi connectivity index (χ2v) is 10.1. The number of β-amino-alcohol motifs (C(OH)–C–C–N with tert-alkyl or cyclic N) is 1. The third kappa shape index (κ3) is 7.12. The summed E-state index contributed by atoms with van der Waals surface area (Å²) in [6.45, 7) is 4.81. The predicted molar refractivity (Wildman–Crippen MR) is 140 cm³/mol. The number of rotatable bonds is 12. The van der Waals surface area contributed by atoms with E-state index < -0.39 is 12.2 Å². The van der Waals surface area contributed by atoms with Crippen LogP contribution in [0.3, 0.4) is 0 Å². The lowest BCUT2D eigenvalue weighted by Gasteiger charge is -2.27. The second-order valence-electron chi connectivity index (χ2n) is 8.58. The Morgan fingerprint density at radius 3 is 2.32 bits per heavy atom. The lowest BCUT2D eigenvalue weighted by atomic mass is 9.78. The largest absolute Gasteiger partial charge is 0.491 e. The molecule has 10 heteroatoms. The van der Waals surface area contributed by atoms with Crippen molar-refractivity contribution in [3.63, 3.8) is 0 Å².